The Morgan fingerprint density at radius 1 is 1.04 bits per heavy atom. The van der Waals surface area contributed by atoms with E-state index in [1.165, 1.54) is 38.5 Å². The Morgan fingerprint density at radius 2 is 1.88 bits per heavy atom. The van der Waals surface area contributed by atoms with Crippen molar-refractivity contribution >= 4 is 5.91 Å². The van der Waals surface area contributed by atoms with Gasteiger partial charge in [-0.2, -0.15) is 0 Å². The van der Waals surface area contributed by atoms with Gasteiger partial charge in [0.15, 0.2) is 0 Å². The molecule has 4 rings (SSSR count). The van der Waals surface area contributed by atoms with Crippen molar-refractivity contribution in [2.45, 2.75) is 57.0 Å². The van der Waals surface area contributed by atoms with E-state index < -0.39 is 0 Å². The summed E-state index contributed by atoms with van der Waals surface area (Å²) in [5.74, 6) is 1.78. The van der Waals surface area contributed by atoms with Crippen LogP contribution in [0.1, 0.15) is 44.9 Å². The molecule has 0 aromatic carbocycles. The highest BCUT2D eigenvalue weighted by molar-refractivity contribution is 5.82. The molecule has 4 fully saturated rings. The van der Waals surface area contributed by atoms with Gasteiger partial charge in [0.2, 0.25) is 5.91 Å². The molecular weight excluding hydrogens is 302 g/mol. The highest BCUT2D eigenvalue weighted by atomic mass is 16.5. The van der Waals surface area contributed by atoms with Gasteiger partial charge >= 0.3 is 0 Å². The highest BCUT2D eigenvalue weighted by Crippen LogP contribution is 2.34. The Hall–Kier alpha value is -0.650. The first kappa shape index (κ1) is 16.8. The van der Waals surface area contributed by atoms with Crippen LogP contribution in [0.15, 0.2) is 0 Å². The quantitative estimate of drug-likeness (QED) is 0.848. The summed E-state index contributed by atoms with van der Waals surface area (Å²) in [6.45, 7) is 6.90. The summed E-state index contributed by atoms with van der Waals surface area (Å²) >= 11 is 0. The maximum atomic E-state index is 13.0. The van der Waals surface area contributed by atoms with Gasteiger partial charge in [-0.05, 0) is 43.9 Å². The summed E-state index contributed by atoms with van der Waals surface area (Å²) in [4.78, 5) is 17.7. The van der Waals surface area contributed by atoms with E-state index in [0.717, 1.165) is 58.3 Å². The van der Waals surface area contributed by atoms with E-state index in [1.54, 1.807) is 0 Å². The van der Waals surface area contributed by atoms with Crippen LogP contribution in [0.2, 0.25) is 0 Å². The number of carbonyl (C=O) groups excluding carboxylic acids is 1. The molecule has 0 aromatic rings. The molecule has 3 heterocycles. The number of hydrogen-bond acceptors (Lipinski definition) is 4. The van der Waals surface area contributed by atoms with Gasteiger partial charge in [-0.3, -0.25) is 9.69 Å². The van der Waals surface area contributed by atoms with Crippen molar-refractivity contribution < 1.29 is 9.53 Å². The van der Waals surface area contributed by atoms with Crippen LogP contribution >= 0.6 is 0 Å². The second-order valence-electron chi connectivity index (χ2n) is 8.31. The number of hydrogen-bond donors (Lipinski definition) is 1. The molecule has 136 valence electrons. The van der Waals surface area contributed by atoms with Crippen molar-refractivity contribution in [1.29, 1.82) is 0 Å². The lowest BCUT2D eigenvalue weighted by Gasteiger charge is -2.37. The first-order valence-corrected chi connectivity index (χ1v) is 10.1. The Kier molecular flexibility index (Phi) is 5.40. The molecule has 3 aliphatic heterocycles. The number of carbonyl (C=O) groups is 1. The lowest BCUT2D eigenvalue weighted by atomic mass is 9.85. The van der Waals surface area contributed by atoms with E-state index in [1.807, 2.05) is 0 Å². The summed E-state index contributed by atoms with van der Waals surface area (Å²) in [6.07, 6.45) is 8.80. The Labute approximate surface area is 146 Å². The zero-order chi connectivity index (χ0) is 16.4. The molecule has 0 aromatic heterocycles. The SMILES string of the molecule is O=C(C1CC2CCCCC2N1)N1CCCC(CN2CCOCC2)C1. The molecule has 5 nitrogen and oxygen atoms in total. The third-order valence-electron chi connectivity index (χ3n) is 6.61. The van der Waals surface area contributed by atoms with Gasteiger partial charge < -0.3 is 15.0 Å². The predicted octanol–water partition coefficient (Wildman–Crippen LogP) is 1.48. The zero-order valence-corrected chi connectivity index (χ0v) is 14.9. The average molecular weight is 335 g/mol. The normalized spacial score (nSPS) is 38.1. The number of nitrogens with one attached hydrogen (secondary N) is 1. The zero-order valence-electron chi connectivity index (χ0n) is 14.9. The number of likely N-dealkylation sites (tertiary alicyclic amines) is 1. The molecule has 3 saturated heterocycles. The molecule has 0 radical (unpaired) electrons. The van der Waals surface area contributed by atoms with Crippen LogP contribution in [-0.4, -0.2) is 73.7 Å². The van der Waals surface area contributed by atoms with Crippen molar-refractivity contribution in [3.8, 4) is 0 Å². The Morgan fingerprint density at radius 3 is 2.71 bits per heavy atom. The lowest BCUT2D eigenvalue weighted by Crippen LogP contribution is -2.51. The fourth-order valence-corrected chi connectivity index (χ4v) is 5.29. The third kappa shape index (κ3) is 3.78. The van der Waals surface area contributed by atoms with Crippen molar-refractivity contribution in [1.82, 2.24) is 15.1 Å². The molecule has 4 unspecified atom stereocenters. The van der Waals surface area contributed by atoms with E-state index in [9.17, 15) is 4.79 Å². The van der Waals surface area contributed by atoms with Crippen LogP contribution in [0.25, 0.3) is 0 Å². The van der Waals surface area contributed by atoms with E-state index in [-0.39, 0.29) is 6.04 Å². The maximum Gasteiger partial charge on any atom is 0.239 e. The highest BCUT2D eigenvalue weighted by Gasteiger charge is 2.40. The van der Waals surface area contributed by atoms with E-state index >= 15 is 0 Å². The Balaban J connectivity index is 1.29. The van der Waals surface area contributed by atoms with Crippen LogP contribution in [-0.2, 0) is 9.53 Å². The van der Waals surface area contributed by atoms with Crippen molar-refractivity contribution in [3.63, 3.8) is 0 Å². The molecule has 1 aliphatic carbocycles. The largest absolute Gasteiger partial charge is 0.379 e. The van der Waals surface area contributed by atoms with Crippen molar-refractivity contribution in [3.05, 3.63) is 0 Å². The van der Waals surface area contributed by atoms with Gasteiger partial charge in [-0.1, -0.05) is 12.8 Å². The average Bonchev–Trinajstić information content (AvgIpc) is 3.06. The van der Waals surface area contributed by atoms with Crippen LogP contribution in [0, 0.1) is 11.8 Å². The molecule has 4 atom stereocenters. The minimum Gasteiger partial charge on any atom is -0.379 e. The second kappa shape index (κ2) is 7.71. The number of amides is 1. The summed E-state index contributed by atoms with van der Waals surface area (Å²) in [5.41, 5.74) is 0. The van der Waals surface area contributed by atoms with Crippen LogP contribution in [0.3, 0.4) is 0 Å². The van der Waals surface area contributed by atoms with Crippen LogP contribution in [0.4, 0.5) is 0 Å². The first-order chi connectivity index (χ1) is 11.8. The molecule has 1 amide bonds. The number of nitrogens with zero attached hydrogens (tertiary/aromatic N) is 2. The third-order valence-corrected chi connectivity index (χ3v) is 6.61. The number of fused-ring (bicyclic) bond motifs is 1. The van der Waals surface area contributed by atoms with Crippen LogP contribution < -0.4 is 5.32 Å². The predicted molar refractivity (Wildman–Crippen MR) is 93.8 cm³/mol. The molecule has 5 heteroatoms. The Bertz CT molecular complexity index is 424. The summed E-state index contributed by atoms with van der Waals surface area (Å²) in [6, 6.07) is 0.710. The van der Waals surface area contributed by atoms with Gasteiger partial charge in [0.25, 0.3) is 0 Å². The van der Waals surface area contributed by atoms with Gasteiger partial charge in [-0.25, -0.2) is 0 Å². The molecule has 4 aliphatic rings. The van der Waals surface area contributed by atoms with E-state index in [4.69, 9.17) is 4.74 Å². The van der Waals surface area contributed by atoms with Gasteiger partial charge in [0.1, 0.15) is 0 Å². The molecular formula is C19H33N3O2. The number of morpholine rings is 1. The fraction of sp³-hybridized carbons (Fsp3) is 0.947. The summed E-state index contributed by atoms with van der Waals surface area (Å²) in [5, 5.41) is 3.67. The standard InChI is InChI=1S/C19H33N3O2/c23-19(18-12-16-5-1-2-6-17(16)20-18)22-7-3-4-15(14-22)13-21-8-10-24-11-9-21/h15-18,20H,1-14H2. The topological polar surface area (TPSA) is 44.8 Å². The van der Waals surface area contributed by atoms with Crippen molar-refractivity contribution in [2.75, 3.05) is 45.9 Å². The monoisotopic (exact) mass is 335 g/mol. The second-order valence-corrected chi connectivity index (χ2v) is 8.31. The van der Waals surface area contributed by atoms with E-state index in [0.29, 0.717) is 17.9 Å². The maximum absolute atomic E-state index is 13.0. The first-order valence-electron chi connectivity index (χ1n) is 10.1. The fourth-order valence-electron chi connectivity index (χ4n) is 5.29. The number of rotatable bonds is 3. The van der Waals surface area contributed by atoms with Crippen molar-refractivity contribution in [2.24, 2.45) is 11.8 Å². The lowest BCUT2D eigenvalue weighted by molar-refractivity contribution is -0.135. The van der Waals surface area contributed by atoms with Gasteiger partial charge in [0, 0.05) is 38.8 Å². The molecule has 1 N–H and O–H groups in total. The van der Waals surface area contributed by atoms with Gasteiger partial charge in [-0.15, -0.1) is 0 Å². The minimum atomic E-state index is 0.0974. The summed E-state index contributed by atoms with van der Waals surface area (Å²) in [7, 11) is 0. The van der Waals surface area contributed by atoms with Crippen LogP contribution in [0.5, 0.6) is 0 Å². The smallest absolute Gasteiger partial charge is 0.239 e. The molecule has 0 spiro atoms. The van der Waals surface area contributed by atoms with Gasteiger partial charge in [0.05, 0.1) is 19.3 Å². The number of ether oxygens (including phenoxy) is 1. The molecule has 24 heavy (non-hydrogen) atoms. The molecule has 1 saturated carbocycles. The summed E-state index contributed by atoms with van der Waals surface area (Å²) < 4.78 is 5.45. The van der Waals surface area contributed by atoms with E-state index in [2.05, 4.69) is 15.1 Å². The minimum absolute atomic E-state index is 0.0974. The number of piperidine rings is 1. The molecule has 0 bridgehead atoms.